The van der Waals surface area contributed by atoms with E-state index in [-0.39, 0.29) is 11.1 Å². The van der Waals surface area contributed by atoms with Crippen LogP contribution in [-0.4, -0.2) is 9.97 Å². The van der Waals surface area contributed by atoms with E-state index in [0.717, 1.165) is 12.8 Å². The first-order chi connectivity index (χ1) is 8.54. The first-order valence-electron chi connectivity index (χ1n) is 5.52. The molecule has 0 spiro atoms. The Labute approximate surface area is 115 Å². The van der Waals surface area contributed by atoms with Crippen molar-refractivity contribution in [3.05, 3.63) is 40.4 Å². The molecule has 2 rings (SSSR count). The fourth-order valence-electron chi connectivity index (χ4n) is 1.77. The Bertz CT molecular complexity index is 756. The second kappa shape index (κ2) is 5.09. The third kappa shape index (κ3) is 2.26. The minimum atomic E-state index is -0.682. The van der Waals surface area contributed by atoms with E-state index in [1.807, 2.05) is 29.5 Å². The molecular formula is C11H11IN2O4. The van der Waals surface area contributed by atoms with Gasteiger partial charge < -0.3 is 4.42 Å². The maximum absolute atomic E-state index is 11.8. The number of halogens is 1. The van der Waals surface area contributed by atoms with Gasteiger partial charge >= 0.3 is 11.3 Å². The van der Waals surface area contributed by atoms with E-state index in [4.69, 9.17) is 4.42 Å². The monoisotopic (exact) mass is 362 g/mol. The van der Waals surface area contributed by atoms with Crippen LogP contribution in [-0.2, 0) is 6.42 Å². The maximum Gasteiger partial charge on any atom is 0.351 e. The molecule has 0 saturated carbocycles. The van der Waals surface area contributed by atoms with Gasteiger partial charge in [-0.25, -0.2) is 9.59 Å². The highest BCUT2D eigenvalue weighted by Crippen LogP contribution is 2.18. The molecule has 0 fully saturated rings. The van der Waals surface area contributed by atoms with Gasteiger partial charge in [-0.15, -0.1) is 0 Å². The summed E-state index contributed by atoms with van der Waals surface area (Å²) < 4.78 is 5.33. The zero-order valence-corrected chi connectivity index (χ0v) is 11.8. The van der Waals surface area contributed by atoms with Gasteiger partial charge in [0, 0.05) is 0 Å². The lowest BCUT2D eigenvalue weighted by atomic mass is 10.1. The second-order valence-electron chi connectivity index (χ2n) is 3.90. The summed E-state index contributed by atoms with van der Waals surface area (Å²) in [4.78, 5) is 39.1. The standard InChI is InChI=1S/C11H11IN2O4/c1-2-3-4-5-6-8(15)13-11(17)14-9(6)18-10(16)7(5)12/h2-4H2,1H3,(H2,13,14,15,17). The summed E-state index contributed by atoms with van der Waals surface area (Å²) in [7, 11) is 0. The van der Waals surface area contributed by atoms with Crippen LogP contribution in [0.1, 0.15) is 25.3 Å². The molecule has 2 aromatic rings. The van der Waals surface area contributed by atoms with Gasteiger partial charge in [-0.2, -0.15) is 0 Å². The Morgan fingerprint density at radius 1 is 1.22 bits per heavy atom. The van der Waals surface area contributed by atoms with Crippen LogP contribution in [0.25, 0.3) is 11.1 Å². The van der Waals surface area contributed by atoms with Gasteiger partial charge in [-0.1, -0.05) is 13.3 Å². The van der Waals surface area contributed by atoms with Crippen molar-refractivity contribution in [2.24, 2.45) is 0 Å². The molecule has 0 aliphatic heterocycles. The molecule has 96 valence electrons. The highest BCUT2D eigenvalue weighted by Gasteiger charge is 2.15. The molecule has 2 aromatic heterocycles. The van der Waals surface area contributed by atoms with Crippen molar-refractivity contribution < 1.29 is 4.42 Å². The SMILES string of the molecule is CCCCc1c(I)c(=O)oc2[nH]c(=O)[nH]c(=O)c12. The molecule has 2 heterocycles. The largest absolute Gasteiger partial charge is 0.405 e. The smallest absolute Gasteiger partial charge is 0.351 e. The van der Waals surface area contributed by atoms with Gasteiger partial charge in [-0.3, -0.25) is 14.8 Å². The summed E-state index contributed by atoms with van der Waals surface area (Å²) in [6.07, 6.45) is 2.40. The van der Waals surface area contributed by atoms with Crippen molar-refractivity contribution in [2.45, 2.75) is 26.2 Å². The number of aromatic amines is 2. The molecule has 2 N–H and O–H groups in total. The van der Waals surface area contributed by atoms with E-state index < -0.39 is 16.9 Å². The van der Waals surface area contributed by atoms with Crippen molar-refractivity contribution in [1.82, 2.24) is 9.97 Å². The third-order valence-corrected chi connectivity index (χ3v) is 3.72. The molecule has 0 bridgehead atoms. The van der Waals surface area contributed by atoms with Gasteiger partial charge in [0.15, 0.2) is 0 Å². The minimum Gasteiger partial charge on any atom is -0.405 e. The van der Waals surface area contributed by atoms with Crippen LogP contribution in [0.4, 0.5) is 0 Å². The van der Waals surface area contributed by atoms with Gasteiger partial charge in [0.05, 0.1) is 0 Å². The molecule has 0 saturated heterocycles. The molecular weight excluding hydrogens is 351 g/mol. The molecule has 6 nitrogen and oxygen atoms in total. The lowest BCUT2D eigenvalue weighted by Gasteiger charge is -2.05. The fraction of sp³-hybridized carbons (Fsp3) is 0.364. The van der Waals surface area contributed by atoms with Crippen LogP contribution in [0.15, 0.2) is 18.8 Å². The lowest BCUT2D eigenvalue weighted by Crippen LogP contribution is -2.25. The maximum atomic E-state index is 11.8. The van der Waals surface area contributed by atoms with Crippen LogP contribution in [0.5, 0.6) is 0 Å². The van der Waals surface area contributed by atoms with Crippen molar-refractivity contribution in [2.75, 3.05) is 0 Å². The van der Waals surface area contributed by atoms with Gasteiger partial charge in [0.25, 0.3) is 5.56 Å². The van der Waals surface area contributed by atoms with Crippen LogP contribution in [0, 0.1) is 3.57 Å². The average Bonchev–Trinajstić information content (AvgIpc) is 2.30. The number of hydrogen-bond donors (Lipinski definition) is 2. The predicted molar refractivity (Wildman–Crippen MR) is 75.1 cm³/mol. The highest BCUT2D eigenvalue weighted by atomic mass is 127. The zero-order chi connectivity index (χ0) is 13.3. The quantitative estimate of drug-likeness (QED) is 0.800. The minimum absolute atomic E-state index is 0.0553. The van der Waals surface area contributed by atoms with Gasteiger partial charge in [0.1, 0.15) is 8.96 Å². The summed E-state index contributed by atoms with van der Waals surface area (Å²) in [6, 6.07) is 0. The summed E-state index contributed by atoms with van der Waals surface area (Å²) in [5.74, 6) is 0. The zero-order valence-electron chi connectivity index (χ0n) is 9.63. The number of rotatable bonds is 3. The summed E-state index contributed by atoms with van der Waals surface area (Å²) in [6.45, 7) is 2.02. The van der Waals surface area contributed by atoms with E-state index in [9.17, 15) is 14.4 Å². The van der Waals surface area contributed by atoms with E-state index >= 15 is 0 Å². The number of unbranched alkanes of at least 4 members (excludes halogenated alkanes) is 1. The molecule has 0 aromatic carbocycles. The summed E-state index contributed by atoms with van der Waals surface area (Å²) in [5, 5.41) is 0.257. The molecule has 0 aliphatic carbocycles. The summed E-state index contributed by atoms with van der Waals surface area (Å²) >= 11 is 1.87. The first kappa shape index (κ1) is 13.1. The highest BCUT2D eigenvalue weighted by molar-refractivity contribution is 14.1. The van der Waals surface area contributed by atoms with Crippen LogP contribution in [0.3, 0.4) is 0 Å². The van der Waals surface area contributed by atoms with Crippen molar-refractivity contribution >= 4 is 33.7 Å². The molecule has 0 atom stereocenters. The van der Waals surface area contributed by atoms with Crippen LogP contribution < -0.4 is 16.9 Å². The van der Waals surface area contributed by atoms with Crippen molar-refractivity contribution in [1.29, 1.82) is 0 Å². The van der Waals surface area contributed by atoms with Crippen LogP contribution >= 0.6 is 22.6 Å². The Kier molecular flexibility index (Phi) is 3.69. The van der Waals surface area contributed by atoms with E-state index in [0.29, 0.717) is 15.6 Å². The molecule has 0 amide bonds. The number of aryl methyl sites for hydroxylation is 1. The summed E-state index contributed by atoms with van der Waals surface area (Å²) in [5.41, 5.74) is -1.16. The van der Waals surface area contributed by atoms with Gasteiger partial charge in [-0.05, 0) is 41.0 Å². The predicted octanol–water partition coefficient (Wildman–Crippen LogP) is 1.12. The van der Waals surface area contributed by atoms with Gasteiger partial charge in [0.2, 0.25) is 5.71 Å². The Morgan fingerprint density at radius 3 is 2.61 bits per heavy atom. The first-order valence-corrected chi connectivity index (χ1v) is 6.60. The second-order valence-corrected chi connectivity index (χ2v) is 4.98. The Hall–Kier alpha value is -1.38. The molecule has 0 unspecified atom stereocenters. The third-order valence-electron chi connectivity index (χ3n) is 2.63. The number of H-pyrrole nitrogens is 2. The van der Waals surface area contributed by atoms with Crippen molar-refractivity contribution in [3.63, 3.8) is 0 Å². The average molecular weight is 362 g/mol. The molecule has 0 radical (unpaired) electrons. The topological polar surface area (TPSA) is 95.9 Å². The fourth-order valence-corrected chi connectivity index (χ4v) is 2.42. The van der Waals surface area contributed by atoms with E-state index in [1.165, 1.54) is 0 Å². The van der Waals surface area contributed by atoms with Crippen molar-refractivity contribution in [3.8, 4) is 0 Å². The van der Waals surface area contributed by atoms with E-state index in [2.05, 4.69) is 9.97 Å². The number of aromatic nitrogens is 2. The number of hydrogen-bond acceptors (Lipinski definition) is 4. The van der Waals surface area contributed by atoms with E-state index in [1.54, 1.807) is 0 Å². The number of nitrogens with one attached hydrogen (secondary N) is 2. The Balaban J connectivity index is 2.88. The number of fused-ring (bicyclic) bond motifs is 1. The molecule has 7 heteroatoms. The lowest BCUT2D eigenvalue weighted by molar-refractivity contribution is 0.538. The Morgan fingerprint density at radius 2 is 1.94 bits per heavy atom. The molecule has 0 aliphatic rings. The molecule has 18 heavy (non-hydrogen) atoms. The van der Waals surface area contributed by atoms with Crippen LogP contribution in [0.2, 0.25) is 0 Å². The normalized spacial score (nSPS) is 11.0.